The average Bonchev–Trinajstić information content (AvgIpc) is 2.72. The third-order valence-electron chi connectivity index (χ3n) is 4.77. The zero-order valence-corrected chi connectivity index (χ0v) is 17.8. The Morgan fingerprint density at radius 3 is 2.06 bits per heavy atom. The van der Waals surface area contributed by atoms with Crippen molar-refractivity contribution >= 4 is 21.8 Å². The van der Waals surface area contributed by atoms with Crippen LogP contribution in [0, 0.1) is 0 Å². The molecule has 1 aliphatic heterocycles. The number of anilines is 2. The molecule has 1 fully saturated rings. The van der Waals surface area contributed by atoms with Gasteiger partial charge in [-0.15, -0.1) is 0 Å². The Hall–Kier alpha value is -2.61. The van der Waals surface area contributed by atoms with Crippen LogP contribution in [-0.2, 0) is 22.4 Å². The normalized spacial score (nSPS) is 16.3. The van der Waals surface area contributed by atoms with Crippen LogP contribution in [0.25, 0.3) is 0 Å². The molecule has 0 radical (unpaired) electrons. The summed E-state index contributed by atoms with van der Waals surface area (Å²) < 4.78 is 105. The Kier molecular flexibility index (Phi) is 6.30. The van der Waals surface area contributed by atoms with Gasteiger partial charge in [0.1, 0.15) is 5.82 Å². The summed E-state index contributed by atoms with van der Waals surface area (Å²) in [6.45, 7) is -0.385. The Balaban J connectivity index is 1.82. The molecule has 0 unspecified atom stereocenters. The molecule has 0 spiro atoms. The lowest BCUT2D eigenvalue weighted by atomic mass is 10.2. The van der Waals surface area contributed by atoms with Gasteiger partial charge in [-0.3, -0.25) is 0 Å². The molecule has 176 valence electrons. The van der Waals surface area contributed by atoms with Crippen LogP contribution in [0.5, 0.6) is 0 Å². The van der Waals surface area contributed by atoms with E-state index >= 15 is 0 Å². The molecule has 32 heavy (non-hydrogen) atoms. The number of hydrogen-bond acceptors (Lipinski definition) is 6. The molecule has 1 aliphatic rings. The van der Waals surface area contributed by atoms with Crippen LogP contribution < -0.4 is 9.80 Å². The van der Waals surface area contributed by atoms with Crippen molar-refractivity contribution in [1.29, 1.82) is 0 Å². The van der Waals surface area contributed by atoms with E-state index in [-0.39, 0.29) is 37.9 Å². The molecule has 3 rings (SSSR count). The third kappa shape index (κ3) is 5.06. The van der Waals surface area contributed by atoms with Crippen molar-refractivity contribution in [3.8, 4) is 0 Å². The van der Waals surface area contributed by atoms with Gasteiger partial charge in [-0.05, 0) is 18.2 Å². The summed E-state index contributed by atoms with van der Waals surface area (Å²) in [5, 5.41) is 0. The van der Waals surface area contributed by atoms with E-state index < -0.39 is 38.5 Å². The maximum absolute atomic E-state index is 13.2. The van der Waals surface area contributed by atoms with E-state index in [9.17, 15) is 34.8 Å². The number of benzene rings is 1. The Bertz CT molecular complexity index is 1080. The van der Waals surface area contributed by atoms with Gasteiger partial charge in [0, 0.05) is 46.3 Å². The number of hydrogen-bond donors (Lipinski definition) is 0. The van der Waals surface area contributed by atoms with E-state index in [1.807, 2.05) is 0 Å². The molecule has 2 heterocycles. The minimum atomic E-state index is -4.70. The minimum absolute atomic E-state index is 0.0290. The van der Waals surface area contributed by atoms with E-state index in [1.54, 1.807) is 0 Å². The van der Waals surface area contributed by atoms with Crippen LogP contribution in [0.3, 0.4) is 0 Å². The number of alkyl halides is 6. The Labute approximate surface area is 180 Å². The van der Waals surface area contributed by atoms with E-state index in [0.717, 1.165) is 28.6 Å². The molecule has 0 amide bonds. The summed E-state index contributed by atoms with van der Waals surface area (Å²) in [6.07, 6.45) is -9.40. The zero-order chi connectivity index (χ0) is 23.9. The molecule has 0 saturated carbocycles. The van der Waals surface area contributed by atoms with Crippen LogP contribution in [-0.4, -0.2) is 63.0 Å². The van der Waals surface area contributed by atoms with Crippen LogP contribution in [0.1, 0.15) is 11.3 Å². The summed E-state index contributed by atoms with van der Waals surface area (Å²) in [5.41, 5.74) is -2.23. The molecule has 2 aromatic rings. The number of aromatic nitrogens is 2. The Morgan fingerprint density at radius 1 is 0.906 bits per heavy atom. The lowest BCUT2D eigenvalue weighted by Gasteiger charge is -2.34. The van der Waals surface area contributed by atoms with Crippen molar-refractivity contribution in [3.05, 3.63) is 41.6 Å². The summed E-state index contributed by atoms with van der Waals surface area (Å²) in [5.74, 6) is -0.180. The fourth-order valence-electron chi connectivity index (χ4n) is 3.05. The summed E-state index contributed by atoms with van der Waals surface area (Å²) >= 11 is 0. The van der Waals surface area contributed by atoms with Crippen LogP contribution in [0.2, 0.25) is 0 Å². The highest BCUT2D eigenvalue weighted by Crippen LogP contribution is 2.33. The second kappa shape index (κ2) is 8.39. The highest BCUT2D eigenvalue weighted by atomic mass is 32.2. The largest absolute Gasteiger partial charge is 0.433 e. The van der Waals surface area contributed by atoms with Crippen molar-refractivity contribution in [2.75, 3.05) is 50.1 Å². The number of nitrogens with zero attached hydrogens (tertiary/aromatic N) is 5. The lowest BCUT2D eigenvalue weighted by molar-refractivity contribution is -0.141. The second-order valence-corrected chi connectivity index (χ2v) is 9.16. The zero-order valence-electron chi connectivity index (χ0n) is 16.9. The maximum atomic E-state index is 13.2. The smallest absolute Gasteiger partial charge is 0.363 e. The van der Waals surface area contributed by atoms with Crippen LogP contribution in [0.15, 0.2) is 35.2 Å². The second-order valence-electron chi connectivity index (χ2n) is 7.22. The van der Waals surface area contributed by atoms with Gasteiger partial charge < -0.3 is 9.80 Å². The van der Waals surface area contributed by atoms with Crippen LogP contribution >= 0.6 is 0 Å². The SMILES string of the molecule is CN(C)c1cc(C(F)(F)F)nc(N2CCN(S(=O)(=O)c3cccc(C(F)(F)F)c3)CC2)n1. The van der Waals surface area contributed by atoms with Crippen molar-refractivity contribution in [2.24, 2.45) is 0 Å². The highest BCUT2D eigenvalue weighted by molar-refractivity contribution is 7.89. The minimum Gasteiger partial charge on any atom is -0.363 e. The molecular formula is C18H19F6N5O2S. The molecule has 1 aromatic carbocycles. The third-order valence-corrected chi connectivity index (χ3v) is 6.66. The summed E-state index contributed by atoms with van der Waals surface area (Å²) in [7, 11) is -1.19. The number of halogens is 6. The first-order valence-electron chi connectivity index (χ1n) is 9.25. The first kappa shape index (κ1) is 24.0. The van der Waals surface area contributed by atoms with Crippen molar-refractivity contribution in [3.63, 3.8) is 0 Å². The predicted octanol–water partition coefficient (Wildman–Crippen LogP) is 3.09. The summed E-state index contributed by atoms with van der Waals surface area (Å²) in [6, 6.07) is 4.20. The van der Waals surface area contributed by atoms with Crippen molar-refractivity contribution < 1.29 is 34.8 Å². The van der Waals surface area contributed by atoms with Gasteiger partial charge in [0.15, 0.2) is 5.69 Å². The summed E-state index contributed by atoms with van der Waals surface area (Å²) in [4.78, 5) is 9.95. The van der Waals surface area contributed by atoms with E-state index in [0.29, 0.717) is 6.07 Å². The number of piperazine rings is 1. The van der Waals surface area contributed by atoms with Gasteiger partial charge in [-0.25, -0.2) is 13.4 Å². The molecule has 0 atom stereocenters. The fourth-order valence-corrected chi connectivity index (χ4v) is 4.52. The monoisotopic (exact) mass is 483 g/mol. The quantitative estimate of drug-likeness (QED) is 0.623. The van der Waals surface area contributed by atoms with Crippen LogP contribution in [0.4, 0.5) is 38.1 Å². The first-order valence-corrected chi connectivity index (χ1v) is 10.7. The van der Waals surface area contributed by atoms with Gasteiger partial charge in [0.2, 0.25) is 16.0 Å². The Morgan fingerprint density at radius 2 is 1.53 bits per heavy atom. The molecule has 0 N–H and O–H groups in total. The van der Waals surface area contributed by atoms with Gasteiger partial charge in [0.25, 0.3) is 0 Å². The maximum Gasteiger partial charge on any atom is 0.433 e. The van der Waals surface area contributed by atoms with E-state index in [4.69, 9.17) is 0 Å². The van der Waals surface area contributed by atoms with Crippen molar-refractivity contribution in [1.82, 2.24) is 14.3 Å². The lowest BCUT2D eigenvalue weighted by Crippen LogP contribution is -2.49. The molecule has 7 nitrogen and oxygen atoms in total. The predicted molar refractivity (Wildman–Crippen MR) is 104 cm³/mol. The molecule has 0 aliphatic carbocycles. The highest BCUT2D eigenvalue weighted by Gasteiger charge is 2.36. The standard InChI is InChI=1S/C18H19F6N5O2S/c1-27(2)15-11-14(18(22,23)24)25-16(26-15)28-6-8-29(9-7-28)32(30,31)13-5-3-4-12(10-13)17(19,20)21/h3-5,10-11H,6-9H2,1-2H3. The topological polar surface area (TPSA) is 69.6 Å². The van der Waals surface area contributed by atoms with Gasteiger partial charge in [-0.2, -0.15) is 35.6 Å². The first-order chi connectivity index (χ1) is 14.7. The van der Waals surface area contributed by atoms with Gasteiger partial charge in [0.05, 0.1) is 10.5 Å². The van der Waals surface area contributed by atoms with E-state index in [1.165, 1.54) is 23.9 Å². The fraction of sp³-hybridized carbons (Fsp3) is 0.444. The molecular weight excluding hydrogens is 464 g/mol. The molecule has 14 heteroatoms. The average molecular weight is 483 g/mol. The van der Waals surface area contributed by atoms with Gasteiger partial charge >= 0.3 is 12.4 Å². The molecule has 0 bridgehead atoms. The molecule has 1 aromatic heterocycles. The molecule has 1 saturated heterocycles. The van der Waals surface area contributed by atoms with Crippen molar-refractivity contribution in [2.45, 2.75) is 17.2 Å². The van der Waals surface area contributed by atoms with E-state index in [2.05, 4.69) is 9.97 Å². The number of sulfonamides is 1. The number of rotatable bonds is 4. The van der Waals surface area contributed by atoms with Gasteiger partial charge in [-0.1, -0.05) is 6.07 Å².